The van der Waals surface area contributed by atoms with E-state index < -0.39 is 120 Å². The lowest BCUT2D eigenvalue weighted by molar-refractivity contribution is -0.302. The summed E-state index contributed by atoms with van der Waals surface area (Å²) in [4.78, 5) is 34.1. The van der Waals surface area contributed by atoms with Crippen molar-refractivity contribution in [1.29, 1.82) is 0 Å². The molecule has 0 aromatic heterocycles. The highest BCUT2D eigenvalue weighted by Crippen LogP contribution is 2.45. The molecule has 0 bridgehead atoms. The number of esters is 1. The second kappa shape index (κ2) is 26.1. The Balaban J connectivity index is 1.38. The minimum Gasteiger partial charge on any atom is -0.459 e. The van der Waals surface area contributed by atoms with Crippen molar-refractivity contribution in [2.24, 2.45) is 23.7 Å². The molecule has 4 aliphatic rings. The molecule has 4 aliphatic heterocycles. The molecule has 414 valence electrons. The Hall–Kier alpha value is -2.43. The zero-order valence-corrected chi connectivity index (χ0v) is 45.7. The van der Waals surface area contributed by atoms with Gasteiger partial charge in [-0.25, -0.2) is 4.39 Å². The lowest BCUT2D eigenvalue weighted by Gasteiger charge is -2.51. The van der Waals surface area contributed by atoms with Crippen LogP contribution in [-0.2, 0) is 51.0 Å². The maximum Gasteiger partial charge on any atom is 0.309 e. The normalized spacial score (nSPS) is 41.0. The Morgan fingerprint density at radius 3 is 2.22 bits per heavy atom. The molecule has 1 unspecified atom stereocenters. The van der Waals surface area contributed by atoms with Gasteiger partial charge in [0.25, 0.3) is 0 Å². The van der Waals surface area contributed by atoms with E-state index in [1.807, 2.05) is 68.9 Å². The van der Waals surface area contributed by atoms with E-state index in [-0.39, 0.29) is 44.1 Å². The molecule has 1 aromatic rings. The van der Waals surface area contributed by atoms with Gasteiger partial charge in [0.1, 0.15) is 36.7 Å². The van der Waals surface area contributed by atoms with Gasteiger partial charge in [0.05, 0.1) is 60.8 Å². The number of aliphatic hydroxyl groups is 5. The summed E-state index contributed by atoms with van der Waals surface area (Å²) in [7, 11) is 5.16. The van der Waals surface area contributed by atoms with Crippen LogP contribution in [0.5, 0.6) is 0 Å². The van der Waals surface area contributed by atoms with Crippen molar-refractivity contribution < 1.29 is 67.9 Å². The predicted octanol–water partition coefficient (Wildman–Crippen LogP) is 3.46. The number of methoxy groups -OCH3 is 1. The maximum atomic E-state index is 14.6. The number of alkyl halides is 1. The number of hydrogen-bond donors (Lipinski definition) is 6. The van der Waals surface area contributed by atoms with Crippen LogP contribution in [0.15, 0.2) is 24.3 Å². The minimum absolute atomic E-state index is 0.0463. The third-order valence-electron chi connectivity index (χ3n) is 16.7. The van der Waals surface area contributed by atoms with Crippen molar-refractivity contribution in [3.05, 3.63) is 35.4 Å². The van der Waals surface area contributed by atoms with Crippen molar-refractivity contribution in [2.45, 2.75) is 204 Å². The first-order valence-electron chi connectivity index (χ1n) is 26.6. The van der Waals surface area contributed by atoms with Gasteiger partial charge < -0.3 is 69.1 Å². The molecule has 6 N–H and O–H groups in total. The first-order chi connectivity index (χ1) is 33.8. The standard InChI is InChI=1S/C54H93FN4O13/c1-14-43-54(10,66)47(62)36(6)58(12)30-32(2)27-52(8,65)49(34(4)45(35(5)50(64)71-43)42-28-53(9,67-13)48(63)37(7)70-42)72-51-46(61)41(25-33(3)69-51)57(11)20-19-44(60)56-40(29-55)26-38-15-17-39(18-16-38)31-59-21-23-68-24-22-59/h15-18,32-37,40-43,45-49,51,61-63,65-66H,14,19-31H2,1-13H3,(H,56,60)/t32-,33-,34+,35-,36-,37+,40+,41+,42-,43-,45?,46-,47-,48+,49-,51+,52-,53-,54-/m1/s1. The zero-order chi connectivity index (χ0) is 53.5. The SMILES string of the molecule is CC[C@H]1OC(=O)[C@H](C)C([C@H]2C[C@@](C)(OC)[C@@H](O)[C@H](C)O2)[C@H](C)[C@@H](O[C@@H]2O[C@H](C)C[C@H](N(C)CCC(=O)N[C@H](CF)Cc3ccc(CN4CCOCC4)cc3)[C@H]2O)[C@](C)(O)C[C@@H](C)CN(C)[C@H](C)[C@@H](O)[C@]1(C)O. The van der Waals surface area contributed by atoms with E-state index in [1.54, 1.807) is 41.5 Å². The smallest absolute Gasteiger partial charge is 0.309 e. The number of ether oxygens (including phenoxy) is 6. The van der Waals surface area contributed by atoms with E-state index in [0.29, 0.717) is 19.4 Å². The predicted molar refractivity (Wildman–Crippen MR) is 271 cm³/mol. The summed E-state index contributed by atoms with van der Waals surface area (Å²) >= 11 is 0. The van der Waals surface area contributed by atoms with Crippen LogP contribution in [0.2, 0.25) is 0 Å². The molecule has 0 aliphatic carbocycles. The highest BCUT2D eigenvalue weighted by Gasteiger charge is 2.55. The van der Waals surface area contributed by atoms with Gasteiger partial charge in [-0.1, -0.05) is 52.0 Å². The summed E-state index contributed by atoms with van der Waals surface area (Å²) in [6, 6.07) is 6.23. The number of morpholine rings is 1. The Bertz CT molecular complexity index is 1840. The molecule has 19 atom stereocenters. The Morgan fingerprint density at radius 1 is 0.972 bits per heavy atom. The van der Waals surface area contributed by atoms with Gasteiger partial charge in [-0.2, -0.15) is 0 Å². The fourth-order valence-electron chi connectivity index (χ4n) is 12.2. The Kier molecular flexibility index (Phi) is 21.9. The topological polar surface area (TPSA) is 212 Å². The number of nitrogens with one attached hydrogen (secondary N) is 1. The summed E-state index contributed by atoms with van der Waals surface area (Å²) in [5.74, 6) is -3.62. The quantitative estimate of drug-likeness (QED) is 0.139. The number of hydrogen-bond acceptors (Lipinski definition) is 16. The Labute approximate surface area is 429 Å². The highest BCUT2D eigenvalue weighted by molar-refractivity contribution is 5.76. The molecule has 1 aromatic carbocycles. The molecule has 4 saturated heterocycles. The van der Waals surface area contributed by atoms with Crippen LogP contribution in [0.25, 0.3) is 0 Å². The number of amides is 1. The van der Waals surface area contributed by atoms with Crippen molar-refractivity contribution in [2.75, 3.05) is 67.3 Å². The van der Waals surface area contributed by atoms with Crippen molar-refractivity contribution in [1.82, 2.24) is 20.0 Å². The van der Waals surface area contributed by atoms with Crippen LogP contribution in [0.1, 0.15) is 112 Å². The summed E-state index contributed by atoms with van der Waals surface area (Å²) in [5.41, 5.74) is -2.46. The van der Waals surface area contributed by atoms with E-state index in [4.69, 9.17) is 28.4 Å². The highest BCUT2D eigenvalue weighted by atomic mass is 19.1. The molecule has 17 nitrogen and oxygen atoms in total. The molecule has 72 heavy (non-hydrogen) atoms. The maximum absolute atomic E-state index is 14.6. The van der Waals surface area contributed by atoms with Gasteiger partial charge in [0.2, 0.25) is 5.91 Å². The van der Waals surface area contributed by atoms with Crippen molar-refractivity contribution in [3.63, 3.8) is 0 Å². The molecule has 4 heterocycles. The molecule has 0 saturated carbocycles. The third-order valence-corrected chi connectivity index (χ3v) is 16.7. The van der Waals surface area contributed by atoms with Gasteiger partial charge >= 0.3 is 5.97 Å². The fourth-order valence-corrected chi connectivity index (χ4v) is 12.2. The number of cyclic esters (lactones) is 1. The van der Waals surface area contributed by atoms with Crippen molar-refractivity contribution >= 4 is 11.9 Å². The summed E-state index contributed by atoms with van der Waals surface area (Å²) < 4.78 is 51.9. The number of carbonyl (C=O) groups excluding carboxylic acids is 2. The number of aliphatic hydroxyl groups excluding tert-OH is 3. The van der Waals surface area contributed by atoms with E-state index in [9.17, 15) is 39.5 Å². The number of benzene rings is 1. The van der Waals surface area contributed by atoms with E-state index in [1.165, 1.54) is 14.0 Å². The van der Waals surface area contributed by atoms with Gasteiger partial charge in [0, 0.05) is 70.7 Å². The molecule has 18 heteroatoms. The second-order valence-corrected chi connectivity index (χ2v) is 22.8. The third kappa shape index (κ3) is 14.9. The molecule has 1 amide bonds. The lowest BCUT2D eigenvalue weighted by Crippen LogP contribution is -2.62. The average Bonchev–Trinajstić information content (AvgIpc) is 3.33. The van der Waals surface area contributed by atoms with Crippen LogP contribution in [0.4, 0.5) is 4.39 Å². The van der Waals surface area contributed by atoms with Crippen LogP contribution in [-0.4, -0.2) is 209 Å². The van der Waals surface area contributed by atoms with Gasteiger partial charge in [-0.15, -0.1) is 0 Å². The van der Waals surface area contributed by atoms with Crippen LogP contribution in [0.3, 0.4) is 0 Å². The second-order valence-electron chi connectivity index (χ2n) is 22.8. The van der Waals surface area contributed by atoms with Crippen LogP contribution in [0, 0.1) is 23.7 Å². The monoisotopic (exact) mass is 1020 g/mol. The average molecular weight is 1030 g/mol. The van der Waals surface area contributed by atoms with Gasteiger partial charge in [-0.05, 0) is 104 Å². The summed E-state index contributed by atoms with van der Waals surface area (Å²) in [5, 5.41) is 62.9. The molecule has 4 fully saturated rings. The zero-order valence-electron chi connectivity index (χ0n) is 45.7. The first-order valence-corrected chi connectivity index (χ1v) is 26.6. The Morgan fingerprint density at radius 2 is 1.61 bits per heavy atom. The molecular weight excluding hydrogens is 932 g/mol. The van der Waals surface area contributed by atoms with Gasteiger partial charge in [0.15, 0.2) is 6.29 Å². The van der Waals surface area contributed by atoms with Crippen LogP contribution < -0.4 is 5.32 Å². The summed E-state index contributed by atoms with van der Waals surface area (Å²) in [6.45, 7) is 21.7. The van der Waals surface area contributed by atoms with Crippen molar-refractivity contribution in [3.8, 4) is 0 Å². The number of rotatable bonds is 15. The first kappa shape index (κ1) is 60.4. The van der Waals surface area contributed by atoms with E-state index >= 15 is 0 Å². The van der Waals surface area contributed by atoms with E-state index in [0.717, 1.165) is 44.0 Å². The number of likely N-dealkylation sites (N-methyl/N-ethyl adjacent to an activating group) is 2. The molecular formula is C54H93FN4O13. The summed E-state index contributed by atoms with van der Waals surface area (Å²) in [6.07, 6.45) is -7.57. The minimum atomic E-state index is -1.83. The number of halogens is 1. The van der Waals surface area contributed by atoms with E-state index in [2.05, 4.69) is 10.2 Å². The number of carbonyl (C=O) groups is 2. The molecule has 5 rings (SSSR count). The van der Waals surface area contributed by atoms with Gasteiger partial charge in [-0.3, -0.25) is 14.5 Å². The molecule has 0 radical (unpaired) electrons. The molecule has 0 spiro atoms. The largest absolute Gasteiger partial charge is 0.459 e. The fraction of sp³-hybridized carbons (Fsp3) is 0.852. The number of nitrogens with zero attached hydrogens (tertiary/aromatic N) is 3. The van der Waals surface area contributed by atoms with Crippen LogP contribution >= 0.6 is 0 Å². The lowest BCUT2D eigenvalue weighted by atomic mass is 9.68.